The molecular formula is C23H20F7NO3. The van der Waals surface area contributed by atoms with Gasteiger partial charge in [0.25, 0.3) is 0 Å². The third kappa shape index (κ3) is 3.99. The number of fused-ring (bicyclic) bond motifs is 2. The molecular weight excluding hydrogens is 471 g/mol. The van der Waals surface area contributed by atoms with E-state index in [0.29, 0.717) is 12.0 Å². The summed E-state index contributed by atoms with van der Waals surface area (Å²) in [4.78, 5) is 12.1. The highest BCUT2D eigenvalue weighted by Gasteiger charge is 2.47. The highest BCUT2D eigenvalue weighted by molar-refractivity contribution is 5.85. The van der Waals surface area contributed by atoms with Crippen LogP contribution in [0.25, 0.3) is 11.1 Å². The monoisotopic (exact) mass is 491 g/mol. The van der Waals surface area contributed by atoms with Crippen LogP contribution in [0.3, 0.4) is 0 Å². The van der Waals surface area contributed by atoms with Crippen molar-refractivity contribution in [2.24, 2.45) is 0 Å². The van der Waals surface area contributed by atoms with Crippen molar-refractivity contribution in [2.45, 2.75) is 51.6 Å². The number of carbonyl (C=O) groups excluding carboxylic acids is 1. The molecule has 34 heavy (non-hydrogen) atoms. The Morgan fingerprint density at radius 1 is 1.06 bits per heavy atom. The second-order valence-electron chi connectivity index (χ2n) is 8.20. The molecule has 2 aromatic rings. The van der Waals surface area contributed by atoms with Gasteiger partial charge in [0.1, 0.15) is 0 Å². The summed E-state index contributed by atoms with van der Waals surface area (Å²) in [6.45, 7) is 0.733. The predicted molar refractivity (Wildman–Crippen MR) is 107 cm³/mol. The Bertz CT molecular complexity index is 1170. The number of hydrogen-bond donors (Lipinski definition) is 1. The Morgan fingerprint density at radius 3 is 2.26 bits per heavy atom. The molecule has 0 atom stereocenters. The first-order chi connectivity index (χ1) is 15.9. The van der Waals surface area contributed by atoms with Crippen LogP contribution < -0.4 is 10.1 Å². The highest BCUT2D eigenvalue weighted by Crippen LogP contribution is 2.51. The summed E-state index contributed by atoms with van der Waals surface area (Å²) < 4.78 is 111. The lowest BCUT2D eigenvalue weighted by molar-refractivity contribution is -0.144. The van der Waals surface area contributed by atoms with Gasteiger partial charge in [0.05, 0.1) is 31.3 Å². The van der Waals surface area contributed by atoms with Gasteiger partial charge < -0.3 is 14.8 Å². The molecule has 0 saturated heterocycles. The average molecular weight is 491 g/mol. The summed E-state index contributed by atoms with van der Waals surface area (Å²) in [5, 5.41) is 2.55. The molecule has 2 heterocycles. The minimum atomic E-state index is -5.07. The zero-order valence-electron chi connectivity index (χ0n) is 18.2. The lowest BCUT2D eigenvalue weighted by Crippen LogP contribution is -2.23. The molecule has 184 valence electrons. The van der Waals surface area contributed by atoms with Crippen molar-refractivity contribution in [3.05, 3.63) is 50.8 Å². The topological polar surface area (TPSA) is 47.6 Å². The first-order valence-corrected chi connectivity index (χ1v) is 10.4. The Hall–Kier alpha value is -2.82. The summed E-state index contributed by atoms with van der Waals surface area (Å²) in [7, 11) is 0.927. The Morgan fingerprint density at radius 2 is 1.68 bits per heavy atom. The maximum Gasteiger partial charge on any atom is 0.417 e. The van der Waals surface area contributed by atoms with E-state index in [2.05, 4.69) is 10.1 Å². The molecule has 0 spiro atoms. The van der Waals surface area contributed by atoms with Gasteiger partial charge in [0, 0.05) is 18.7 Å². The van der Waals surface area contributed by atoms with Gasteiger partial charge in [-0.05, 0) is 59.2 Å². The lowest BCUT2D eigenvalue weighted by atomic mass is 9.80. The largest absolute Gasteiger partial charge is 0.490 e. The zero-order chi connectivity index (χ0) is 25.0. The van der Waals surface area contributed by atoms with Gasteiger partial charge in [-0.15, -0.1) is 0 Å². The van der Waals surface area contributed by atoms with E-state index in [1.807, 2.05) is 0 Å². The van der Waals surface area contributed by atoms with Crippen LogP contribution in [0.2, 0.25) is 0 Å². The maximum absolute atomic E-state index is 15.0. The molecule has 0 saturated carbocycles. The molecule has 2 aromatic carbocycles. The highest BCUT2D eigenvalue weighted by atomic mass is 19.4. The minimum absolute atomic E-state index is 0.116. The first kappa shape index (κ1) is 24.3. The number of alkyl halides is 6. The van der Waals surface area contributed by atoms with Gasteiger partial charge in [-0.25, -0.2) is 4.39 Å². The molecule has 4 nitrogen and oxygen atoms in total. The van der Waals surface area contributed by atoms with E-state index >= 15 is 0 Å². The lowest BCUT2D eigenvalue weighted by Gasteiger charge is -2.28. The van der Waals surface area contributed by atoms with Crippen LogP contribution in [-0.2, 0) is 47.8 Å². The number of rotatable bonds is 3. The fourth-order valence-corrected chi connectivity index (χ4v) is 4.88. The third-order valence-corrected chi connectivity index (χ3v) is 6.25. The van der Waals surface area contributed by atoms with E-state index in [-0.39, 0.29) is 29.9 Å². The van der Waals surface area contributed by atoms with Gasteiger partial charge in [-0.1, -0.05) is 0 Å². The predicted octanol–water partition coefficient (Wildman–Crippen LogP) is 5.48. The number of nitrogens with one attached hydrogen (secondary N) is 1. The number of ether oxygens (including phenoxy) is 2. The van der Waals surface area contributed by atoms with Crippen molar-refractivity contribution in [3.8, 4) is 16.9 Å². The van der Waals surface area contributed by atoms with E-state index in [0.717, 1.165) is 13.2 Å². The number of carbonyl (C=O) groups is 1. The maximum atomic E-state index is 15.0. The van der Waals surface area contributed by atoms with Crippen LogP contribution in [0.5, 0.6) is 5.75 Å². The fraction of sp³-hybridized carbons (Fsp3) is 0.435. The van der Waals surface area contributed by atoms with Crippen LogP contribution in [0, 0.1) is 12.7 Å². The molecule has 0 bridgehead atoms. The van der Waals surface area contributed by atoms with Crippen LogP contribution in [0.15, 0.2) is 6.07 Å². The van der Waals surface area contributed by atoms with Gasteiger partial charge in [0.2, 0.25) is 0 Å². The van der Waals surface area contributed by atoms with Gasteiger partial charge >= 0.3 is 18.3 Å². The summed E-state index contributed by atoms with van der Waals surface area (Å²) in [5.41, 5.74) is -5.37. The second kappa shape index (κ2) is 8.44. The normalized spacial score (nSPS) is 15.6. The van der Waals surface area contributed by atoms with E-state index < -0.39 is 77.0 Å². The molecule has 11 heteroatoms. The van der Waals surface area contributed by atoms with Crippen molar-refractivity contribution in [2.75, 3.05) is 13.7 Å². The third-order valence-electron chi connectivity index (χ3n) is 6.25. The Kier molecular flexibility index (Phi) is 6.03. The molecule has 0 aliphatic carbocycles. The standard InChI is InChI=1S/C23H20F7NO3/c1-10-11-4-3-5-34-21(11)16(24)6-12(10)18-13(7-17(32)33-2)19(22(25,26)27)14-8-31-9-15(14)20(18)23(28,29)30/h6,31H,3-5,7-9H2,1-2H3. The molecule has 0 radical (unpaired) electrons. The van der Waals surface area contributed by atoms with E-state index in [4.69, 9.17) is 4.74 Å². The molecule has 4 rings (SSSR count). The molecule has 0 aromatic heterocycles. The van der Waals surface area contributed by atoms with Crippen LogP contribution in [0.4, 0.5) is 30.7 Å². The van der Waals surface area contributed by atoms with Crippen molar-refractivity contribution >= 4 is 5.97 Å². The van der Waals surface area contributed by atoms with E-state index in [9.17, 15) is 35.5 Å². The summed E-state index contributed by atoms with van der Waals surface area (Å²) in [6, 6.07) is 0.764. The van der Waals surface area contributed by atoms with Gasteiger partial charge in [-0.3, -0.25) is 4.79 Å². The summed E-state index contributed by atoms with van der Waals surface area (Å²) in [6.07, 6.45) is -10.4. The average Bonchev–Trinajstić information content (AvgIpc) is 3.22. The van der Waals surface area contributed by atoms with Crippen molar-refractivity contribution in [1.29, 1.82) is 0 Å². The molecule has 0 unspecified atom stereocenters. The summed E-state index contributed by atoms with van der Waals surface area (Å²) in [5.74, 6) is -2.24. The SMILES string of the molecule is COC(=O)Cc1c(-c2cc(F)c3c(c2C)CCCO3)c(C(F)(F)F)c2c(c1C(F)(F)F)CNC2. The smallest absolute Gasteiger partial charge is 0.417 e. The molecule has 0 amide bonds. The fourth-order valence-electron chi connectivity index (χ4n) is 4.88. The minimum Gasteiger partial charge on any atom is -0.490 e. The van der Waals surface area contributed by atoms with Gasteiger partial charge in [0.15, 0.2) is 11.6 Å². The van der Waals surface area contributed by atoms with E-state index in [1.165, 1.54) is 6.92 Å². The number of esters is 1. The number of hydrogen-bond acceptors (Lipinski definition) is 4. The summed E-state index contributed by atoms with van der Waals surface area (Å²) >= 11 is 0. The number of halogens is 7. The first-order valence-electron chi connectivity index (χ1n) is 10.4. The Labute approximate surface area is 190 Å². The van der Waals surface area contributed by atoms with Crippen molar-refractivity contribution in [3.63, 3.8) is 0 Å². The van der Waals surface area contributed by atoms with E-state index in [1.54, 1.807) is 0 Å². The van der Waals surface area contributed by atoms with Crippen LogP contribution in [0.1, 0.15) is 45.4 Å². The van der Waals surface area contributed by atoms with Gasteiger partial charge in [-0.2, -0.15) is 26.3 Å². The van der Waals surface area contributed by atoms with Crippen molar-refractivity contribution in [1.82, 2.24) is 5.32 Å². The van der Waals surface area contributed by atoms with Crippen molar-refractivity contribution < 1.29 is 45.0 Å². The molecule has 0 fully saturated rings. The quantitative estimate of drug-likeness (QED) is 0.456. The van der Waals surface area contributed by atoms with Crippen LogP contribution >= 0.6 is 0 Å². The van der Waals surface area contributed by atoms with Crippen LogP contribution in [-0.4, -0.2) is 19.7 Å². The molecule has 2 aliphatic rings. The number of benzene rings is 2. The Balaban J connectivity index is 2.20. The second-order valence-corrected chi connectivity index (χ2v) is 8.20. The molecule has 2 aliphatic heterocycles. The molecule has 1 N–H and O–H groups in total. The number of methoxy groups -OCH3 is 1. The zero-order valence-corrected chi connectivity index (χ0v) is 18.2.